The van der Waals surface area contributed by atoms with Gasteiger partial charge in [-0.3, -0.25) is 0 Å². The largest absolute Gasteiger partial charge is 0.444 e. The number of ether oxygens (including phenoxy) is 1. The van der Waals surface area contributed by atoms with Gasteiger partial charge in [-0.2, -0.15) is 0 Å². The van der Waals surface area contributed by atoms with Gasteiger partial charge in [-0.1, -0.05) is 0 Å². The van der Waals surface area contributed by atoms with Crippen molar-refractivity contribution in [3.8, 4) is 0 Å². The molecule has 1 saturated heterocycles. The maximum atomic E-state index is 12.3. The molecular weight excluding hydrogens is 340 g/mol. The Labute approximate surface area is 153 Å². The monoisotopic (exact) mass is 364 g/mol. The second-order valence-corrected chi connectivity index (χ2v) is 7.82. The predicted octanol–water partition coefficient (Wildman–Crippen LogP) is 3.82. The van der Waals surface area contributed by atoms with Crippen LogP contribution in [-0.2, 0) is 17.2 Å². The molecule has 2 aromatic rings. The molecule has 0 aromatic carbocycles. The van der Waals surface area contributed by atoms with E-state index in [9.17, 15) is 4.79 Å². The van der Waals surface area contributed by atoms with E-state index in [1.165, 1.54) is 0 Å². The molecule has 0 saturated carbocycles. The fourth-order valence-electron chi connectivity index (χ4n) is 3.26. The quantitative estimate of drug-likeness (QED) is 0.777. The molecule has 136 valence electrons. The van der Waals surface area contributed by atoms with Gasteiger partial charge in [-0.15, -0.1) is 11.6 Å². The van der Waals surface area contributed by atoms with E-state index in [2.05, 4.69) is 14.5 Å². The van der Waals surface area contributed by atoms with Gasteiger partial charge in [0.05, 0.1) is 5.88 Å². The molecular formula is C18H25ClN4O2. The molecule has 0 aliphatic carbocycles. The number of pyridine rings is 1. The van der Waals surface area contributed by atoms with Crippen LogP contribution >= 0.6 is 11.6 Å². The lowest BCUT2D eigenvalue weighted by atomic mass is 9.98. The van der Waals surface area contributed by atoms with Crippen molar-refractivity contribution in [2.45, 2.75) is 51.6 Å². The summed E-state index contributed by atoms with van der Waals surface area (Å²) in [5.74, 6) is 1.51. The summed E-state index contributed by atoms with van der Waals surface area (Å²) in [6.07, 6.45) is 3.57. The number of fused-ring (bicyclic) bond motifs is 1. The number of nitrogens with zero attached hydrogens (tertiary/aromatic N) is 4. The number of aromatic nitrogens is 3. The smallest absolute Gasteiger partial charge is 0.410 e. The number of alkyl halides is 1. The van der Waals surface area contributed by atoms with Crippen LogP contribution in [0.15, 0.2) is 18.3 Å². The Hall–Kier alpha value is -1.82. The Morgan fingerprint density at radius 2 is 2.24 bits per heavy atom. The standard InChI is InChI=1S/C18H25ClN4O2/c1-18(2,3)25-17(24)22-9-5-6-13(11-22)12-23-15(10-19)21-14-7-4-8-20-16(14)23/h4,7-8,13H,5-6,9-12H2,1-3H3/t13-/m1/s1. The third kappa shape index (κ3) is 4.24. The molecule has 6 nitrogen and oxygen atoms in total. The van der Waals surface area contributed by atoms with Crippen molar-refractivity contribution in [3.63, 3.8) is 0 Å². The molecule has 1 atom stereocenters. The molecule has 3 rings (SSSR count). The number of piperidine rings is 1. The Morgan fingerprint density at radius 3 is 2.96 bits per heavy atom. The Morgan fingerprint density at radius 1 is 1.44 bits per heavy atom. The van der Waals surface area contributed by atoms with Gasteiger partial charge in [0.1, 0.15) is 16.9 Å². The Balaban J connectivity index is 1.74. The second kappa shape index (κ2) is 7.20. The lowest BCUT2D eigenvalue weighted by Gasteiger charge is -2.34. The molecule has 1 aliphatic heterocycles. The van der Waals surface area contributed by atoms with Gasteiger partial charge >= 0.3 is 6.09 Å². The molecule has 1 aliphatic rings. The van der Waals surface area contributed by atoms with Gasteiger partial charge in [-0.25, -0.2) is 14.8 Å². The summed E-state index contributed by atoms with van der Waals surface area (Å²) >= 11 is 6.08. The van der Waals surface area contributed by atoms with Crippen molar-refractivity contribution in [1.82, 2.24) is 19.4 Å². The van der Waals surface area contributed by atoms with E-state index in [4.69, 9.17) is 16.3 Å². The van der Waals surface area contributed by atoms with Gasteiger partial charge in [0.15, 0.2) is 5.65 Å². The van der Waals surface area contributed by atoms with Crippen LogP contribution in [0.2, 0.25) is 0 Å². The van der Waals surface area contributed by atoms with Crippen molar-refractivity contribution >= 4 is 28.9 Å². The number of likely N-dealkylation sites (tertiary alicyclic amines) is 1. The van der Waals surface area contributed by atoms with Crippen LogP contribution in [0.4, 0.5) is 4.79 Å². The first-order valence-electron chi connectivity index (χ1n) is 8.71. The zero-order valence-corrected chi connectivity index (χ0v) is 15.8. The van der Waals surface area contributed by atoms with Crippen molar-refractivity contribution < 1.29 is 9.53 Å². The molecule has 0 spiro atoms. The Bertz CT molecular complexity index is 753. The molecule has 25 heavy (non-hydrogen) atoms. The van der Waals surface area contributed by atoms with Gasteiger partial charge in [0.25, 0.3) is 0 Å². The SMILES string of the molecule is CC(C)(C)OC(=O)N1CCC[C@@H](Cn2c(CCl)nc3cccnc32)C1. The highest BCUT2D eigenvalue weighted by Crippen LogP contribution is 2.24. The minimum absolute atomic E-state index is 0.233. The van der Waals surface area contributed by atoms with Crippen LogP contribution in [-0.4, -0.2) is 44.2 Å². The summed E-state index contributed by atoms with van der Waals surface area (Å²) in [5, 5.41) is 0. The summed E-state index contributed by atoms with van der Waals surface area (Å²) < 4.78 is 7.60. The maximum absolute atomic E-state index is 12.3. The lowest BCUT2D eigenvalue weighted by Crippen LogP contribution is -2.43. The summed E-state index contributed by atoms with van der Waals surface area (Å²) in [7, 11) is 0. The van der Waals surface area contributed by atoms with Crippen molar-refractivity contribution in [1.29, 1.82) is 0 Å². The topological polar surface area (TPSA) is 60.2 Å². The summed E-state index contributed by atoms with van der Waals surface area (Å²) in [6.45, 7) is 7.86. The third-order valence-corrected chi connectivity index (χ3v) is 4.55. The van der Waals surface area contributed by atoms with E-state index in [1.54, 1.807) is 6.20 Å². The number of carbonyl (C=O) groups is 1. The molecule has 7 heteroatoms. The minimum Gasteiger partial charge on any atom is -0.444 e. The van der Waals surface area contributed by atoms with Crippen molar-refractivity contribution in [2.75, 3.05) is 13.1 Å². The first-order chi connectivity index (χ1) is 11.9. The fourth-order valence-corrected chi connectivity index (χ4v) is 3.47. The van der Waals surface area contributed by atoms with Crippen LogP contribution in [0.5, 0.6) is 0 Å². The number of hydrogen-bond acceptors (Lipinski definition) is 4. The van der Waals surface area contributed by atoms with Gasteiger partial charge < -0.3 is 14.2 Å². The molecule has 3 heterocycles. The molecule has 1 amide bonds. The van der Waals surface area contributed by atoms with E-state index in [0.29, 0.717) is 18.3 Å². The second-order valence-electron chi connectivity index (χ2n) is 7.55. The molecule has 0 radical (unpaired) electrons. The van der Waals surface area contributed by atoms with Crippen molar-refractivity contribution in [3.05, 3.63) is 24.2 Å². The fraction of sp³-hybridized carbons (Fsp3) is 0.611. The molecule has 0 unspecified atom stereocenters. The first-order valence-corrected chi connectivity index (χ1v) is 9.25. The van der Waals surface area contributed by atoms with Gasteiger partial charge in [0, 0.05) is 25.8 Å². The number of halogens is 1. The number of imidazole rings is 1. The number of rotatable bonds is 3. The van der Waals surface area contributed by atoms with Crippen LogP contribution in [0.3, 0.4) is 0 Å². The van der Waals surface area contributed by atoms with Crippen LogP contribution in [0.25, 0.3) is 11.2 Å². The van der Waals surface area contributed by atoms with Gasteiger partial charge in [0.2, 0.25) is 0 Å². The number of hydrogen-bond donors (Lipinski definition) is 0. The first kappa shape index (κ1) is 18.0. The van der Waals surface area contributed by atoms with E-state index < -0.39 is 5.60 Å². The summed E-state index contributed by atoms with van der Waals surface area (Å²) in [6, 6.07) is 3.82. The van der Waals surface area contributed by atoms with Crippen LogP contribution in [0.1, 0.15) is 39.4 Å². The average molecular weight is 365 g/mol. The average Bonchev–Trinajstić information content (AvgIpc) is 2.91. The highest BCUT2D eigenvalue weighted by Gasteiger charge is 2.28. The van der Waals surface area contributed by atoms with E-state index in [1.807, 2.05) is 37.8 Å². The summed E-state index contributed by atoms with van der Waals surface area (Å²) in [5.41, 5.74) is 1.24. The molecule has 0 bridgehead atoms. The lowest BCUT2D eigenvalue weighted by molar-refractivity contribution is 0.0157. The number of carbonyl (C=O) groups excluding carboxylic acids is 1. The van der Waals surface area contributed by atoms with Crippen molar-refractivity contribution in [2.24, 2.45) is 5.92 Å². The third-order valence-electron chi connectivity index (χ3n) is 4.31. The predicted molar refractivity (Wildman–Crippen MR) is 97.6 cm³/mol. The maximum Gasteiger partial charge on any atom is 0.410 e. The highest BCUT2D eigenvalue weighted by molar-refractivity contribution is 6.16. The van der Waals surface area contributed by atoms with E-state index in [-0.39, 0.29) is 6.09 Å². The van der Waals surface area contributed by atoms with Gasteiger partial charge in [-0.05, 0) is 51.7 Å². The van der Waals surface area contributed by atoms with E-state index >= 15 is 0 Å². The van der Waals surface area contributed by atoms with Crippen LogP contribution in [0, 0.1) is 5.92 Å². The van der Waals surface area contributed by atoms with Crippen LogP contribution < -0.4 is 0 Å². The Kier molecular flexibility index (Phi) is 5.18. The molecule has 0 N–H and O–H groups in total. The summed E-state index contributed by atoms with van der Waals surface area (Å²) in [4.78, 5) is 23.2. The zero-order valence-electron chi connectivity index (χ0n) is 15.0. The zero-order chi connectivity index (χ0) is 18.0. The minimum atomic E-state index is -0.472. The number of amides is 1. The molecule has 1 fully saturated rings. The highest BCUT2D eigenvalue weighted by atomic mass is 35.5. The molecule has 2 aromatic heterocycles. The normalized spacial score (nSPS) is 18.6. The van der Waals surface area contributed by atoms with E-state index in [0.717, 1.165) is 42.9 Å².